The molecule has 21 heavy (non-hydrogen) atoms. The van der Waals surface area contributed by atoms with Crippen molar-refractivity contribution in [2.24, 2.45) is 5.73 Å². The van der Waals surface area contributed by atoms with E-state index in [4.69, 9.17) is 10.8 Å². The third kappa shape index (κ3) is 6.32. The van der Waals surface area contributed by atoms with Crippen molar-refractivity contribution in [3.63, 3.8) is 0 Å². The van der Waals surface area contributed by atoms with Gasteiger partial charge in [0, 0.05) is 12.6 Å². The number of aliphatic carboxylic acids is 1. The number of nitrogens with one attached hydrogen (secondary N) is 2. The van der Waals surface area contributed by atoms with Crippen LogP contribution >= 0.6 is 0 Å². The number of carboxylic acids is 1. The third-order valence-electron chi connectivity index (χ3n) is 2.55. The van der Waals surface area contributed by atoms with Crippen LogP contribution in [0.3, 0.4) is 0 Å². The molecular weight excluding hydrogens is 278 g/mol. The van der Waals surface area contributed by atoms with Crippen molar-refractivity contribution in [1.82, 2.24) is 20.6 Å². The second kappa shape index (κ2) is 7.78. The van der Waals surface area contributed by atoms with Crippen LogP contribution in [0.4, 0.5) is 4.79 Å². The molecule has 0 radical (unpaired) electrons. The number of amides is 3. The number of hydrogen-bond donors (Lipinski definition) is 4. The summed E-state index contributed by atoms with van der Waals surface area (Å²) in [5.74, 6) is -1.86. The van der Waals surface area contributed by atoms with Crippen molar-refractivity contribution < 1.29 is 19.5 Å². The SMILES string of the molecule is Cc1cnc(CNC(=O)NC(CCC(N)=O)C(=O)O)cn1. The predicted molar refractivity (Wildman–Crippen MR) is 72.0 cm³/mol. The normalized spacial score (nSPS) is 11.5. The van der Waals surface area contributed by atoms with Gasteiger partial charge in [-0.25, -0.2) is 9.59 Å². The molecule has 114 valence electrons. The molecule has 9 nitrogen and oxygen atoms in total. The summed E-state index contributed by atoms with van der Waals surface area (Å²) in [4.78, 5) is 41.2. The molecule has 0 bridgehead atoms. The van der Waals surface area contributed by atoms with Gasteiger partial charge in [0.25, 0.3) is 0 Å². The van der Waals surface area contributed by atoms with Gasteiger partial charge in [-0.1, -0.05) is 0 Å². The molecule has 1 heterocycles. The summed E-state index contributed by atoms with van der Waals surface area (Å²) >= 11 is 0. The van der Waals surface area contributed by atoms with Gasteiger partial charge in [-0.3, -0.25) is 14.8 Å². The Morgan fingerprint density at radius 2 is 2.05 bits per heavy atom. The fourth-order valence-electron chi connectivity index (χ4n) is 1.43. The standard InChI is InChI=1S/C12H17N5O4/c1-7-4-15-8(5-14-7)6-16-12(21)17-9(11(19)20)2-3-10(13)18/h4-5,9H,2-3,6H2,1H3,(H2,13,18)(H,19,20)(H2,16,17,21). The molecule has 9 heteroatoms. The second-order valence-electron chi connectivity index (χ2n) is 4.37. The van der Waals surface area contributed by atoms with Gasteiger partial charge in [-0.15, -0.1) is 0 Å². The second-order valence-corrected chi connectivity index (χ2v) is 4.37. The Morgan fingerprint density at radius 3 is 2.57 bits per heavy atom. The molecular formula is C12H17N5O4. The maximum Gasteiger partial charge on any atom is 0.326 e. The van der Waals surface area contributed by atoms with Gasteiger partial charge in [0.2, 0.25) is 5.91 Å². The first kappa shape index (κ1) is 16.3. The van der Waals surface area contributed by atoms with Crippen molar-refractivity contribution in [3.05, 3.63) is 23.8 Å². The number of nitrogens with zero attached hydrogens (tertiary/aromatic N) is 2. The summed E-state index contributed by atoms with van der Waals surface area (Å²) < 4.78 is 0. The molecule has 1 atom stereocenters. The van der Waals surface area contributed by atoms with Gasteiger partial charge in [0.15, 0.2) is 0 Å². The molecule has 1 aromatic heterocycles. The van der Waals surface area contributed by atoms with Crippen LogP contribution in [0.15, 0.2) is 12.4 Å². The maximum absolute atomic E-state index is 11.6. The molecule has 0 aliphatic rings. The topological polar surface area (TPSA) is 147 Å². The number of urea groups is 1. The number of carbonyl (C=O) groups excluding carboxylic acids is 2. The lowest BCUT2D eigenvalue weighted by molar-refractivity contribution is -0.139. The van der Waals surface area contributed by atoms with E-state index in [1.165, 1.54) is 6.20 Å². The smallest absolute Gasteiger partial charge is 0.326 e. The summed E-state index contributed by atoms with van der Waals surface area (Å²) in [6, 6.07) is -1.85. The highest BCUT2D eigenvalue weighted by atomic mass is 16.4. The molecule has 0 fully saturated rings. The van der Waals surface area contributed by atoms with E-state index in [2.05, 4.69) is 20.6 Å². The van der Waals surface area contributed by atoms with E-state index in [-0.39, 0.29) is 19.4 Å². The number of aryl methyl sites for hydroxylation is 1. The molecule has 0 spiro atoms. The minimum Gasteiger partial charge on any atom is -0.480 e. The highest BCUT2D eigenvalue weighted by Crippen LogP contribution is 1.98. The Hall–Kier alpha value is -2.71. The summed E-state index contributed by atoms with van der Waals surface area (Å²) in [6.45, 7) is 1.90. The van der Waals surface area contributed by atoms with Gasteiger partial charge < -0.3 is 21.5 Å². The van der Waals surface area contributed by atoms with Crippen molar-refractivity contribution in [3.8, 4) is 0 Å². The molecule has 1 unspecified atom stereocenters. The highest BCUT2D eigenvalue weighted by molar-refractivity contribution is 5.83. The van der Waals surface area contributed by atoms with Crippen molar-refractivity contribution in [2.45, 2.75) is 32.4 Å². The highest BCUT2D eigenvalue weighted by Gasteiger charge is 2.20. The molecule has 0 saturated heterocycles. The lowest BCUT2D eigenvalue weighted by atomic mass is 10.1. The summed E-state index contributed by atoms with van der Waals surface area (Å²) in [6.07, 6.45) is 2.88. The van der Waals surface area contributed by atoms with Gasteiger partial charge >= 0.3 is 12.0 Å². The van der Waals surface area contributed by atoms with E-state index in [1.54, 1.807) is 13.1 Å². The van der Waals surface area contributed by atoms with Gasteiger partial charge in [-0.2, -0.15) is 0 Å². The number of carboxylic acid groups (broad SMARTS) is 1. The first-order chi connectivity index (χ1) is 9.88. The number of aromatic nitrogens is 2. The third-order valence-corrected chi connectivity index (χ3v) is 2.55. The van der Waals surface area contributed by atoms with Gasteiger partial charge in [0.05, 0.1) is 24.1 Å². The van der Waals surface area contributed by atoms with E-state index in [0.717, 1.165) is 5.69 Å². The van der Waals surface area contributed by atoms with Crippen LogP contribution in [-0.2, 0) is 16.1 Å². The number of rotatable bonds is 7. The molecule has 1 rings (SSSR count). The van der Waals surface area contributed by atoms with Crippen LogP contribution in [0.5, 0.6) is 0 Å². The summed E-state index contributed by atoms with van der Waals surface area (Å²) in [5, 5.41) is 13.6. The number of carbonyl (C=O) groups is 3. The molecule has 0 saturated carbocycles. The fraction of sp³-hybridized carbons (Fsp3) is 0.417. The monoisotopic (exact) mass is 295 g/mol. The zero-order valence-corrected chi connectivity index (χ0v) is 11.5. The van der Waals surface area contributed by atoms with E-state index in [0.29, 0.717) is 5.69 Å². The predicted octanol–water partition coefficient (Wildman–Crippen LogP) is -0.697. The van der Waals surface area contributed by atoms with Gasteiger partial charge in [-0.05, 0) is 13.3 Å². The molecule has 0 aromatic carbocycles. The Bertz CT molecular complexity index is 517. The Morgan fingerprint density at radius 1 is 1.33 bits per heavy atom. The zero-order valence-electron chi connectivity index (χ0n) is 11.5. The van der Waals surface area contributed by atoms with Crippen molar-refractivity contribution in [2.75, 3.05) is 0 Å². The fourth-order valence-corrected chi connectivity index (χ4v) is 1.43. The first-order valence-corrected chi connectivity index (χ1v) is 6.21. The summed E-state index contributed by atoms with van der Waals surface area (Å²) in [5.41, 5.74) is 6.24. The lowest BCUT2D eigenvalue weighted by Crippen LogP contribution is -2.46. The summed E-state index contributed by atoms with van der Waals surface area (Å²) in [7, 11) is 0. The Kier molecular flexibility index (Phi) is 6.05. The molecule has 5 N–H and O–H groups in total. The van der Waals surface area contributed by atoms with Crippen LogP contribution in [0.25, 0.3) is 0 Å². The maximum atomic E-state index is 11.6. The average molecular weight is 295 g/mol. The number of nitrogens with two attached hydrogens (primary N) is 1. The first-order valence-electron chi connectivity index (χ1n) is 6.21. The Labute approximate surface area is 121 Å². The van der Waals surface area contributed by atoms with Crippen molar-refractivity contribution >= 4 is 17.9 Å². The van der Waals surface area contributed by atoms with E-state index in [1.807, 2.05) is 0 Å². The quantitative estimate of drug-likeness (QED) is 0.523. The van der Waals surface area contributed by atoms with E-state index in [9.17, 15) is 14.4 Å². The molecule has 0 aliphatic carbocycles. The van der Waals surface area contributed by atoms with E-state index < -0.39 is 23.9 Å². The van der Waals surface area contributed by atoms with Crippen molar-refractivity contribution in [1.29, 1.82) is 0 Å². The minimum absolute atomic E-state index is 0.0670. The zero-order chi connectivity index (χ0) is 15.8. The van der Waals surface area contributed by atoms with Crippen LogP contribution in [0, 0.1) is 6.92 Å². The van der Waals surface area contributed by atoms with Crippen LogP contribution in [0.1, 0.15) is 24.2 Å². The number of primary amides is 1. The lowest BCUT2D eigenvalue weighted by Gasteiger charge is -2.14. The Balaban J connectivity index is 2.44. The van der Waals surface area contributed by atoms with Crippen LogP contribution in [-0.4, -0.2) is 39.0 Å². The average Bonchev–Trinajstić information content (AvgIpc) is 2.42. The minimum atomic E-state index is -1.23. The van der Waals surface area contributed by atoms with Crippen LogP contribution in [0.2, 0.25) is 0 Å². The molecule has 0 aliphatic heterocycles. The molecule has 1 aromatic rings. The van der Waals surface area contributed by atoms with E-state index >= 15 is 0 Å². The van der Waals surface area contributed by atoms with Crippen LogP contribution < -0.4 is 16.4 Å². The molecule has 3 amide bonds. The number of hydrogen-bond acceptors (Lipinski definition) is 5. The largest absolute Gasteiger partial charge is 0.480 e. The van der Waals surface area contributed by atoms with Gasteiger partial charge in [0.1, 0.15) is 6.04 Å².